The Labute approximate surface area is 110 Å². The number of nitriles is 1. The van der Waals surface area contributed by atoms with E-state index in [0.717, 1.165) is 18.4 Å². The maximum absolute atomic E-state index is 11.9. The summed E-state index contributed by atoms with van der Waals surface area (Å²) in [5, 5.41) is 8.81. The summed E-state index contributed by atoms with van der Waals surface area (Å²) in [4.78, 5) is 13.5. The Morgan fingerprint density at radius 3 is 2.71 bits per heavy atom. The van der Waals surface area contributed by atoms with Crippen molar-refractivity contribution in [3.05, 3.63) is 10.1 Å². The number of carbonyl (C=O) groups is 1. The molecular formula is C12H17BrN2O2. The van der Waals surface area contributed by atoms with Gasteiger partial charge in [-0.1, -0.05) is 0 Å². The first kappa shape index (κ1) is 14.0. The number of ether oxygens (including phenoxy) is 1. The Hall–Kier alpha value is -1.02. The van der Waals surface area contributed by atoms with Crippen LogP contribution in [0.15, 0.2) is 10.1 Å². The number of amides is 1. The Morgan fingerprint density at radius 1 is 1.53 bits per heavy atom. The summed E-state index contributed by atoms with van der Waals surface area (Å²) >= 11 is 3.22. The normalized spacial score (nSPS) is 19.6. The largest absolute Gasteiger partial charge is 0.444 e. The number of halogens is 1. The molecule has 0 aromatic heterocycles. The van der Waals surface area contributed by atoms with E-state index in [-0.39, 0.29) is 6.09 Å². The van der Waals surface area contributed by atoms with Gasteiger partial charge in [-0.2, -0.15) is 5.26 Å². The van der Waals surface area contributed by atoms with E-state index < -0.39 is 5.60 Å². The van der Waals surface area contributed by atoms with Gasteiger partial charge in [0.15, 0.2) is 0 Å². The van der Waals surface area contributed by atoms with E-state index in [1.165, 1.54) is 0 Å². The second kappa shape index (κ2) is 5.54. The van der Waals surface area contributed by atoms with E-state index in [2.05, 4.69) is 22.0 Å². The van der Waals surface area contributed by atoms with Crippen LogP contribution in [-0.4, -0.2) is 29.7 Å². The summed E-state index contributed by atoms with van der Waals surface area (Å²) in [5.41, 5.74) is 0.481. The fourth-order valence-corrected chi connectivity index (χ4v) is 1.94. The zero-order valence-electron chi connectivity index (χ0n) is 10.4. The molecule has 1 amide bonds. The Kier molecular flexibility index (Phi) is 4.58. The molecule has 1 rings (SSSR count). The lowest BCUT2D eigenvalue weighted by Crippen LogP contribution is -2.40. The third kappa shape index (κ3) is 4.39. The van der Waals surface area contributed by atoms with Gasteiger partial charge in [0.2, 0.25) is 0 Å². The molecule has 0 atom stereocenters. The van der Waals surface area contributed by atoms with Crippen molar-refractivity contribution in [3.8, 4) is 6.07 Å². The number of hydrogen-bond acceptors (Lipinski definition) is 3. The van der Waals surface area contributed by atoms with Crippen LogP contribution in [0.25, 0.3) is 0 Å². The number of likely N-dealkylation sites (tertiary alicyclic amines) is 1. The third-order valence-corrected chi connectivity index (χ3v) is 3.09. The van der Waals surface area contributed by atoms with Crippen molar-refractivity contribution in [1.82, 2.24) is 4.90 Å². The van der Waals surface area contributed by atoms with Gasteiger partial charge in [-0.25, -0.2) is 4.79 Å². The Bertz CT molecular complexity index is 377. The summed E-state index contributed by atoms with van der Waals surface area (Å²) in [6.45, 7) is 6.69. The molecule has 1 aliphatic heterocycles. The van der Waals surface area contributed by atoms with Crippen molar-refractivity contribution < 1.29 is 9.53 Å². The van der Waals surface area contributed by atoms with Gasteiger partial charge in [0.1, 0.15) is 11.7 Å². The number of piperidine rings is 1. The molecule has 0 saturated carbocycles. The van der Waals surface area contributed by atoms with Gasteiger partial charge >= 0.3 is 6.09 Å². The van der Waals surface area contributed by atoms with Crippen LogP contribution in [0.4, 0.5) is 4.79 Å². The Balaban J connectivity index is 2.68. The van der Waals surface area contributed by atoms with Crippen LogP contribution >= 0.6 is 15.9 Å². The maximum Gasteiger partial charge on any atom is 0.410 e. The predicted molar refractivity (Wildman–Crippen MR) is 68.6 cm³/mol. The number of allylic oxidation sites excluding steroid dienone is 1. The molecule has 1 aliphatic rings. The summed E-state index contributed by atoms with van der Waals surface area (Å²) in [6, 6.07) is 2.06. The molecule has 0 spiro atoms. The molecule has 1 heterocycles. The standard InChI is InChI=1S/C12H17BrN2O2/c1-12(2,3)17-11(16)15-6-4-5-9(8-15)10(13)7-14/h4-6,8H2,1-3H3/b10-9+. The van der Waals surface area contributed by atoms with Gasteiger partial charge < -0.3 is 9.64 Å². The van der Waals surface area contributed by atoms with Gasteiger partial charge in [-0.05, 0) is 55.1 Å². The lowest BCUT2D eigenvalue weighted by molar-refractivity contribution is 0.0247. The summed E-state index contributed by atoms with van der Waals surface area (Å²) in [7, 11) is 0. The van der Waals surface area contributed by atoms with E-state index in [1.807, 2.05) is 20.8 Å². The second-order valence-corrected chi connectivity index (χ2v) is 5.83. The molecule has 1 fully saturated rings. The number of carbonyl (C=O) groups excluding carboxylic acids is 1. The zero-order valence-corrected chi connectivity index (χ0v) is 12.0. The zero-order chi connectivity index (χ0) is 13.1. The number of nitrogens with zero attached hydrogens (tertiary/aromatic N) is 2. The smallest absolute Gasteiger partial charge is 0.410 e. The van der Waals surface area contributed by atoms with Crippen molar-refractivity contribution in [1.29, 1.82) is 5.26 Å². The van der Waals surface area contributed by atoms with Crippen LogP contribution in [0.1, 0.15) is 33.6 Å². The molecule has 4 nitrogen and oxygen atoms in total. The van der Waals surface area contributed by atoms with Crippen LogP contribution in [0, 0.1) is 11.3 Å². The molecular weight excluding hydrogens is 284 g/mol. The highest BCUT2D eigenvalue weighted by atomic mass is 79.9. The molecule has 0 N–H and O–H groups in total. The first-order valence-electron chi connectivity index (χ1n) is 5.59. The highest BCUT2D eigenvalue weighted by Gasteiger charge is 2.25. The van der Waals surface area contributed by atoms with E-state index in [9.17, 15) is 4.79 Å². The molecule has 0 aromatic rings. The minimum absolute atomic E-state index is 0.312. The van der Waals surface area contributed by atoms with Crippen LogP contribution in [0.2, 0.25) is 0 Å². The predicted octanol–water partition coefficient (Wildman–Crippen LogP) is 3.19. The summed E-state index contributed by atoms with van der Waals surface area (Å²) in [6.07, 6.45) is 1.41. The van der Waals surface area contributed by atoms with Crippen LogP contribution in [-0.2, 0) is 4.74 Å². The molecule has 0 unspecified atom stereocenters. The maximum atomic E-state index is 11.9. The van der Waals surface area contributed by atoms with Crippen molar-refractivity contribution in [3.63, 3.8) is 0 Å². The molecule has 0 bridgehead atoms. The first-order chi connectivity index (χ1) is 7.83. The molecule has 94 valence electrons. The summed E-state index contributed by atoms with van der Waals surface area (Å²) < 4.78 is 5.84. The van der Waals surface area contributed by atoms with Crippen molar-refractivity contribution >= 4 is 22.0 Å². The van der Waals surface area contributed by atoms with Crippen molar-refractivity contribution in [2.24, 2.45) is 0 Å². The van der Waals surface area contributed by atoms with Gasteiger partial charge in [0.05, 0.1) is 4.48 Å². The summed E-state index contributed by atoms with van der Waals surface area (Å²) in [5.74, 6) is 0. The fraction of sp³-hybridized carbons (Fsp3) is 0.667. The molecule has 17 heavy (non-hydrogen) atoms. The highest BCUT2D eigenvalue weighted by Crippen LogP contribution is 2.23. The van der Waals surface area contributed by atoms with E-state index in [1.54, 1.807) is 4.90 Å². The molecule has 5 heteroatoms. The van der Waals surface area contributed by atoms with Gasteiger partial charge in [0, 0.05) is 13.1 Å². The quantitative estimate of drug-likeness (QED) is 0.646. The lowest BCUT2D eigenvalue weighted by atomic mass is 10.1. The van der Waals surface area contributed by atoms with Crippen LogP contribution in [0.5, 0.6) is 0 Å². The van der Waals surface area contributed by atoms with Crippen molar-refractivity contribution in [2.45, 2.75) is 39.2 Å². The second-order valence-electron chi connectivity index (χ2n) is 5.03. The lowest BCUT2D eigenvalue weighted by Gasteiger charge is -2.31. The topological polar surface area (TPSA) is 53.3 Å². The average molecular weight is 301 g/mol. The number of rotatable bonds is 0. The monoisotopic (exact) mass is 300 g/mol. The minimum Gasteiger partial charge on any atom is -0.444 e. The minimum atomic E-state index is -0.481. The van der Waals surface area contributed by atoms with Crippen LogP contribution in [0.3, 0.4) is 0 Å². The number of hydrogen-bond donors (Lipinski definition) is 0. The van der Waals surface area contributed by atoms with Gasteiger partial charge in [-0.15, -0.1) is 0 Å². The van der Waals surface area contributed by atoms with Gasteiger partial charge in [-0.3, -0.25) is 0 Å². The average Bonchev–Trinajstić information content (AvgIpc) is 2.26. The van der Waals surface area contributed by atoms with Crippen LogP contribution < -0.4 is 0 Å². The molecule has 1 saturated heterocycles. The van der Waals surface area contributed by atoms with E-state index in [0.29, 0.717) is 17.6 Å². The Morgan fingerprint density at radius 2 is 2.18 bits per heavy atom. The van der Waals surface area contributed by atoms with Gasteiger partial charge in [0.25, 0.3) is 0 Å². The fourth-order valence-electron chi connectivity index (χ4n) is 1.61. The van der Waals surface area contributed by atoms with E-state index in [4.69, 9.17) is 10.00 Å². The molecule has 0 aromatic carbocycles. The highest BCUT2D eigenvalue weighted by molar-refractivity contribution is 9.12. The molecule has 0 aliphatic carbocycles. The molecule has 0 radical (unpaired) electrons. The third-order valence-electron chi connectivity index (χ3n) is 2.35. The van der Waals surface area contributed by atoms with E-state index >= 15 is 0 Å². The SMILES string of the molecule is CC(C)(C)OC(=O)N1CCC/C(=C(\Br)C#N)C1. The van der Waals surface area contributed by atoms with Crippen molar-refractivity contribution in [2.75, 3.05) is 13.1 Å². The first-order valence-corrected chi connectivity index (χ1v) is 6.38.